The van der Waals surface area contributed by atoms with Crippen LogP contribution in [-0.2, 0) is 6.61 Å². The zero-order chi connectivity index (χ0) is 17.0. The molecule has 2 rings (SSSR count). The van der Waals surface area contributed by atoms with E-state index in [2.05, 4.69) is 14.8 Å². The van der Waals surface area contributed by atoms with Crippen molar-refractivity contribution >= 4 is 22.0 Å². The molecule has 124 valence electrons. The fraction of sp³-hybridized carbons (Fsp3) is 0.333. The van der Waals surface area contributed by atoms with Gasteiger partial charge >= 0.3 is 141 Å². The third-order valence-electron chi connectivity index (χ3n) is 3.59. The SMILES string of the molecule is COc1ccc(COc2cc(F)c[c]([Sn]([CH3])([CH3])[CH3])c2)cc1OC. The molecule has 2 aromatic rings. The van der Waals surface area contributed by atoms with Gasteiger partial charge in [-0.25, -0.2) is 0 Å². The summed E-state index contributed by atoms with van der Waals surface area (Å²) in [5.74, 6) is 1.66. The van der Waals surface area contributed by atoms with Crippen LogP contribution in [0, 0.1) is 5.82 Å². The van der Waals surface area contributed by atoms with E-state index in [0.29, 0.717) is 23.9 Å². The van der Waals surface area contributed by atoms with Gasteiger partial charge in [0.1, 0.15) is 0 Å². The number of ether oxygens (including phenoxy) is 3. The number of halogens is 1. The third kappa shape index (κ3) is 4.77. The predicted molar refractivity (Wildman–Crippen MR) is 93.3 cm³/mol. The Bertz CT molecular complexity index is 680. The Kier molecular flexibility index (Phi) is 5.78. The summed E-state index contributed by atoms with van der Waals surface area (Å²) in [5.41, 5.74) is 0.938. The van der Waals surface area contributed by atoms with E-state index in [4.69, 9.17) is 14.2 Å². The molecule has 0 N–H and O–H groups in total. The van der Waals surface area contributed by atoms with Gasteiger partial charge in [-0.1, -0.05) is 0 Å². The van der Waals surface area contributed by atoms with Crippen LogP contribution in [0.2, 0.25) is 14.8 Å². The van der Waals surface area contributed by atoms with E-state index in [1.807, 2.05) is 24.3 Å². The molecule has 0 spiro atoms. The molecule has 0 aromatic heterocycles. The molecule has 0 saturated carbocycles. The molecule has 3 nitrogen and oxygen atoms in total. The Morgan fingerprint density at radius 2 is 1.61 bits per heavy atom. The Balaban J connectivity index is 2.16. The molecule has 0 saturated heterocycles. The number of benzene rings is 2. The normalized spacial score (nSPS) is 11.2. The van der Waals surface area contributed by atoms with Crippen LogP contribution in [-0.4, -0.2) is 32.6 Å². The van der Waals surface area contributed by atoms with Crippen molar-refractivity contribution in [2.45, 2.75) is 21.4 Å². The average molecular weight is 425 g/mol. The Hall–Kier alpha value is -1.43. The molecule has 0 heterocycles. The first-order valence-electron chi connectivity index (χ1n) is 7.48. The van der Waals surface area contributed by atoms with Gasteiger partial charge in [-0.05, 0) is 0 Å². The van der Waals surface area contributed by atoms with Gasteiger partial charge < -0.3 is 0 Å². The standard InChI is InChI=1S/C15H14FO3.3CH3.Sn/c1-17-14-7-6-11(8-15(14)18-2)10-19-13-5-3-4-12(16)9-13;;;;/h4-9H,10H2,1-2H3;3*1H3;. The van der Waals surface area contributed by atoms with Gasteiger partial charge in [-0.2, -0.15) is 0 Å². The minimum absolute atomic E-state index is 0.239. The summed E-state index contributed by atoms with van der Waals surface area (Å²) in [5, 5.41) is 0. The first kappa shape index (κ1) is 17.9. The third-order valence-corrected chi connectivity index (χ3v) is 9.36. The van der Waals surface area contributed by atoms with Crippen molar-refractivity contribution in [3.8, 4) is 17.2 Å². The molecule has 0 aliphatic carbocycles. The van der Waals surface area contributed by atoms with Crippen LogP contribution in [0.5, 0.6) is 17.2 Å². The maximum atomic E-state index is 13.8. The summed E-state index contributed by atoms with van der Waals surface area (Å²) in [6, 6.07) is 10.6. The molecule has 0 radical (unpaired) electrons. The summed E-state index contributed by atoms with van der Waals surface area (Å²) in [4.78, 5) is 6.75. The summed E-state index contributed by atoms with van der Waals surface area (Å²) in [6.45, 7) is 0.350. The second-order valence-electron chi connectivity index (χ2n) is 6.40. The molecule has 0 unspecified atom stereocenters. The van der Waals surface area contributed by atoms with Crippen LogP contribution in [0.15, 0.2) is 36.4 Å². The summed E-state index contributed by atoms with van der Waals surface area (Å²) in [7, 11) is 3.19. The van der Waals surface area contributed by atoms with E-state index in [1.54, 1.807) is 20.3 Å². The van der Waals surface area contributed by atoms with Crippen molar-refractivity contribution in [3.63, 3.8) is 0 Å². The van der Waals surface area contributed by atoms with E-state index in [0.717, 1.165) is 9.14 Å². The number of methoxy groups -OCH3 is 2. The van der Waals surface area contributed by atoms with E-state index < -0.39 is 18.4 Å². The zero-order valence-corrected chi connectivity index (χ0v) is 17.1. The molecule has 2 aromatic carbocycles. The van der Waals surface area contributed by atoms with Gasteiger partial charge in [0.2, 0.25) is 0 Å². The zero-order valence-electron chi connectivity index (χ0n) is 14.3. The van der Waals surface area contributed by atoms with Crippen molar-refractivity contribution in [2.75, 3.05) is 14.2 Å². The molecular formula is C18H23FO3Sn. The Labute approximate surface area is 141 Å². The van der Waals surface area contributed by atoms with E-state index in [1.165, 1.54) is 6.07 Å². The summed E-state index contributed by atoms with van der Waals surface area (Å²) >= 11 is -2.33. The number of hydrogen-bond acceptors (Lipinski definition) is 3. The molecule has 0 fully saturated rings. The van der Waals surface area contributed by atoms with Crippen LogP contribution in [0.25, 0.3) is 0 Å². The summed E-state index contributed by atoms with van der Waals surface area (Å²) in [6.07, 6.45) is 0. The Morgan fingerprint density at radius 1 is 0.913 bits per heavy atom. The van der Waals surface area contributed by atoms with Crippen LogP contribution in [0.1, 0.15) is 5.56 Å². The van der Waals surface area contributed by atoms with Gasteiger partial charge in [0.15, 0.2) is 0 Å². The molecular weight excluding hydrogens is 402 g/mol. The molecule has 5 heteroatoms. The monoisotopic (exact) mass is 426 g/mol. The minimum atomic E-state index is -2.33. The first-order chi connectivity index (χ1) is 10.8. The van der Waals surface area contributed by atoms with Crippen molar-refractivity contribution in [2.24, 2.45) is 0 Å². The van der Waals surface area contributed by atoms with E-state index >= 15 is 0 Å². The fourth-order valence-electron chi connectivity index (χ4n) is 2.22. The predicted octanol–water partition coefficient (Wildman–Crippen LogP) is 3.97. The summed E-state index contributed by atoms with van der Waals surface area (Å²) < 4.78 is 31.2. The molecule has 0 bridgehead atoms. The van der Waals surface area contributed by atoms with Gasteiger partial charge in [-0.3, -0.25) is 0 Å². The quantitative estimate of drug-likeness (QED) is 0.656. The van der Waals surface area contributed by atoms with Crippen molar-refractivity contribution in [3.05, 3.63) is 47.8 Å². The maximum absolute atomic E-state index is 13.8. The average Bonchev–Trinajstić information content (AvgIpc) is 2.51. The van der Waals surface area contributed by atoms with E-state index in [-0.39, 0.29) is 5.82 Å². The van der Waals surface area contributed by atoms with Gasteiger partial charge in [0.25, 0.3) is 0 Å². The molecule has 0 amide bonds. The van der Waals surface area contributed by atoms with Crippen LogP contribution in [0.3, 0.4) is 0 Å². The molecule has 23 heavy (non-hydrogen) atoms. The van der Waals surface area contributed by atoms with Gasteiger partial charge in [0, 0.05) is 0 Å². The number of rotatable bonds is 6. The second-order valence-corrected chi connectivity index (χ2v) is 20.9. The molecule has 0 aliphatic heterocycles. The van der Waals surface area contributed by atoms with Crippen molar-refractivity contribution < 1.29 is 18.6 Å². The molecule has 0 atom stereocenters. The van der Waals surface area contributed by atoms with E-state index in [9.17, 15) is 4.39 Å². The van der Waals surface area contributed by atoms with Crippen LogP contribution in [0.4, 0.5) is 4.39 Å². The molecule has 0 aliphatic rings. The van der Waals surface area contributed by atoms with Crippen molar-refractivity contribution in [1.82, 2.24) is 0 Å². The number of hydrogen-bond donors (Lipinski definition) is 0. The second kappa shape index (κ2) is 7.43. The van der Waals surface area contributed by atoms with Crippen molar-refractivity contribution in [1.29, 1.82) is 0 Å². The first-order valence-corrected chi connectivity index (χ1v) is 17.5. The van der Waals surface area contributed by atoms with Crippen LogP contribution < -0.4 is 17.8 Å². The van der Waals surface area contributed by atoms with Gasteiger partial charge in [0.05, 0.1) is 0 Å². The van der Waals surface area contributed by atoms with Gasteiger partial charge in [-0.15, -0.1) is 0 Å². The van der Waals surface area contributed by atoms with Crippen LogP contribution >= 0.6 is 0 Å². The Morgan fingerprint density at radius 3 is 2.22 bits per heavy atom. The topological polar surface area (TPSA) is 27.7 Å². The fourth-order valence-corrected chi connectivity index (χ4v) is 5.49.